The molecule has 1 N–H and O–H groups in total. The number of rotatable bonds is 0. The molecule has 3 nitrogen and oxygen atoms in total. The molecule has 0 aliphatic heterocycles. The van der Waals surface area contributed by atoms with E-state index in [4.69, 9.17) is 13.0 Å². The number of hydrogen-bond acceptors (Lipinski definition) is 2. The van der Waals surface area contributed by atoms with Crippen molar-refractivity contribution in [1.29, 1.82) is 0 Å². The summed E-state index contributed by atoms with van der Waals surface area (Å²) in [5.41, 5.74) is 0. The van der Waals surface area contributed by atoms with Gasteiger partial charge in [-0.15, -0.1) is 0 Å². The minimum absolute atomic E-state index is 1.51. The normalized spacial score (nSPS) is 11.6. The van der Waals surface area contributed by atoms with Crippen LogP contribution < -0.4 is 0 Å². The zero-order valence-electron chi connectivity index (χ0n) is 2.08. The fourth-order valence-corrected chi connectivity index (χ4v) is 0. The molecular weight excluding hydrogens is 159 g/mol. The van der Waals surface area contributed by atoms with Gasteiger partial charge in [-0.05, 0) is 0 Å². The average Bonchev–Trinajstić information content (AvgIpc) is 0.722. The average molecular weight is 160 g/mol. The first-order valence-electron chi connectivity index (χ1n) is 0.683. The van der Waals surface area contributed by atoms with E-state index in [2.05, 4.69) is 0 Å². The zero-order chi connectivity index (χ0) is 4.50. The Hall–Kier alpha value is 0.429. The maximum absolute atomic E-state index is 9.13. The molecule has 0 bridgehead atoms. The molecule has 0 aromatic rings. The van der Waals surface area contributed by atoms with Crippen molar-refractivity contribution >= 4 is 23.4 Å². The second-order valence-electron chi connectivity index (χ2n) is 0.428. The third-order valence-electron chi connectivity index (χ3n) is 0. The monoisotopic (exact) mass is 161 g/mol. The third-order valence-corrected chi connectivity index (χ3v) is 0. The van der Waals surface area contributed by atoms with Gasteiger partial charge in [-0.2, -0.15) is 0 Å². The van der Waals surface area contributed by atoms with Crippen LogP contribution >= 0.6 is 0 Å². The van der Waals surface area contributed by atoms with E-state index in [0.717, 1.165) is 0 Å². The van der Waals surface area contributed by atoms with E-state index >= 15 is 0 Å². The molecule has 0 saturated heterocycles. The van der Waals surface area contributed by atoms with E-state index in [1.807, 2.05) is 0 Å². The summed E-state index contributed by atoms with van der Waals surface area (Å²) in [6.45, 7) is 0. The molecule has 0 atom stereocenters. The van der Waals surface area contributed by atoms with Crippen LogP contribution in [-0.4, -0.2) is 27.9 Å². The van der Waals surface area contributed by atoms with Gasteiger partial charge in [-0.1, -0.05) is 0 Å². The molecule has 0 amide bonds. The van der Waals surface area contributed by atoms with Gasteiger partial charge in [0.15, 0.2) is 0 Å². The van der Waals surface area contributed by atoms with E-state index in [1.54, 1.807) is 0 Å². The fraction of sp³-hybridized carbons (Fsp3) is 0. The van der Waals surface area contributed by atoms with Gasteiger partial charge in [0.1, 0.15) is 0 Å². The third kappa shape index (κ3) is 142. The fourth-order valence-electron chi connectivity index (χ4n) is 0. The molecule has 0 saturated carbocycles. The predicted molar refractivity (Wildman–Crippen MR) is 17.3 cm³/mol. The van der Waals surface area contributed by atoms with Crippen molar-refractivity contribution in [2.75, 3.05) is 0 Å². The minimum atomic E-state index is -3.79. The topological polar surface area (TPSA) is 54.4 Å². The Labute approximate surface area is 37.0 Å². The molecule has 0 aromatic heterocycles. The maximum atomic E-state index is 9.13. The summed E-state index contributed by atoms with van der Waals surface area (Å²) in [7, 11) is -3.79. The van der Waals surface area contributed by atoms with Crippen LogP contribution in [0.2, 0.25) is 0 Å². The summed E-state index contributed by atoms with van der Waals surface area (Å²) in [6, 6.07) is 0. The summed E-state index contributed by atoms with van der Waals surface area (Å²) < 4.78 is 25.7. The summed E-state index contributed by atoms with van der Waals surface area (Å²) >= 11 is 1.51. The molecule has 0 radical (unpaired) electrons. The Morgan fingerprint density at radius 2 is 1.60 bits per heavy atom. The van der Waals surface area contributed by atoms with Gasteiger partial charge < -0.3 is 0 Å². The summed E-state index contributed by atoms with van der Waals surface area (Å²) in [5.74, 6) is 0. The van der Waals surface area contributed by atoms with Crippen molar-refractivity contribution in [2.45, 2.75) is 0 Å². The van der Waals surface area contributed by atoms with Gasteiger partial charge in [0.05, 0.1) is 0 Å². The predicted octanol–water partition coefficient (Wildman–Crippen LogP) is -1.04. The molecule has 0 aliphatic carbocycles. The van der Waals surface area contributed by atoms with Crippen molar-refractivity contribution in [3.8, 4) is 0 Å². The summed E-state index contributed by atoms with van der Waals surface area (Å²) in [4.78, 5) is 0. The molecule has 0 aliphatic rings. The van der Waals surface area contributed by atoms with E-state index in [0.29, 0.717) is 0 Å². The van der Waals surface area contributed by atoms with Crippen molar-refractivity contribution in [3.63, 3.8) is 0 Å². The van der Waals surface area contributed by atoms with Crippen LogP contribution in [0.5, 0.6) is 0 Å². The van der Waals surface area contributed by atoms with E-state index in [1.165, 1.54) is 14.9 Å². The van der Waals surface area contributed by atoms with Crippen molar-refractivity contribution in [2.24, 2.45) is 0 Å². The van der Waals surface area contributed by atoms with E-state index < -0.39 is 8.54 Å². The van der Waals surface area contributed by atoms with E-state index in [9.17, 15) is 0 Å². The Bertz CT molecular complexity index is 90.1. The van der Waals surface area contributed by atoms with Gasteiger partial charge >= 0.3 is 36.4 Å². The molecule has 0 heterocycles. The SMILES string of the molecule is O=S(=O)(O)[Se-]. The van der Waals surface area contributed by atoms with Gasteiger partial charge in [-0.3, -0.25) is 0 Å². The molecule has 5 heteroatoms. The zero-order valence-corrected chi connectivity index (χ0v) is 4.61. The van der Waals surface area contributed by atoms with Crippen LogP contribution in [0.3, 0.4) is 0 Å². The first-order chi connectivity index (χ1) is 2.00. The van der Waals surface area contributed by atoms with Gasteiger partial charge in [0, 0.05) is 0 Å². The summed E-state index contributed by atoms with van der Waals surface area (Å²) in [6.07, 6.45) is 0. The van der Waals surface area contributed by atoms with Crippen LogP contribution in [0.15, 0.2) is 0 Å². The van der Waals surface area contributed by atoms with E-state index in [-0.39, 0.29) is 0 Å². The Morgan fingerprint density at radius 1 is 1.60 bits per heavy atom. The second kappa shape index (κ2) is 1.26. The van der Waals surface area contributed by atoms with Crippen molar-refractivity contribution < 1.29 is 13.0 Å². The first-order valence-corrected chi connectivity index (χ1v) is 4.15. The summed E-state index contributed by atoms with van der Waals surface area (Å²) in [5, 5.41) is 0. The van der Waals surface area contributed by atoms with Crippen LogP contribution in [-0.2, 0) is 8.54 Å². The standard InChI is InChI=1S/H2O3SSe/c1-4(2,3)5/h(H2,1,2,3,5)/p-1. The molecule has 0 rings (SSSR count). The molecule has 32 valence electrons. The van der Waals surface area contributed by atoms with Gasteiger partial charge in [-0.25, -0.2) is 0 Å². The molecular formula is HO3SSe-. The van der Waals surface area contributed by atoms with Crippen molar-refractivity contribution in [1.82, 2.24) is 0 Å². The first kappa shape index (κ1) is 5.43. The van der Waals surface area contributed by atoms with Crippen molar-refractivity contribution in [3.05, 3.63) is 0 Å². The van der Waals surface area contributed by atoms with Gasteiger partial charge in [0.2, 0.25) is 0 Å². The molecule has 5 heavy (non-hydrogen) atoms. The quantitative estimate of drug-likeness (QED) is 0.363. The van der Waals surface area contributed by atoms with Gasteiger partial charge in [0.25, 0.3) is 0 Å². The van der Waals surface area contributed by atoms with Crippen LogP contribution in [0, 0.1) is 0 Å². The van der Waals surface area contributed by atoms with Crippen LogP contribution in [0.1, 0.15) is 0 Å². The molecule has 0 fully saturated rings. The Morgan fingerprint density at radius 3 is 1.60 bits per heavy atom. The Balaban J connectivity index is 4.06. The second-order valence-corrected chi connectivity index (χ2v) is 3.93. The number of hydrogen-bond donors (Lipinski definition) is 1. The van der Waals surface area contributed by atoms with Crippen LogP contribution in [0.25, 0.3) is 0 Å². The Kier molecular flexibility index (Phi) is 1.37. The molecule has 0 unspecified atom stereocenters. The van der Waals surface area contributed by atoms with Crippen LogP contribution in [0.4, 0.5) is 0 Å². The molecule has 0 spiro atoms. The molecule has 0 aromatic carbocycles.